The minimum absolute atomic E-state index is 0.0273. The third-order valence-electron chi connectivity index (χ3n) is 4.47. The van der Waals surface area contributed by atoms with Crippen LogP contribution in [0.25, 0.3) is 11.4 Å². The van der Waals surface area contributed by atoms with E-state index in [-0.39, 0.29) is 36.8 Å². The monoisotopic (exact) mass is 402 g/mol. The first-order valence-corrected chi connectivity index (χ1v) is 8.41. The molecule has 0 amide bonds. The molecule has 1 aliphatic heterocycles. The molecule has 1 unspecified atom stereocenters. The molecule has 0 bridgehead atoms. The van der Waals surface area contributed by atoms with Crippen molar-refractivity contribution in [2.75, 3.05) is 27.5 Å². The van der Waals surface area contributed by atoms with E-state index < -0.39 is 30.5 Å². The molecular formula is C18H18F4N2O4. The molecule has 28 heavy (non-hydrogen) atoms. The third kappa shape index (κ3) is 3.68. The molecule has 0 radical (unpaired) electrons. The van der Waals surface area contributed by atoms with Crippen LogP contribution >= 0.6 is 0 Å². The van der Waals surface area contributed by atoms with Crippen molar-refractivity contribution in [2.24, 2.45) is 0 Å². The van der Waals surface area contributed by atoms with Gasteiger partial charge in [-0.1, -0.05) is 6.07 Å². The van der Waals surface area contributed by atoms with Crippen molar-refractivity contribution in [3.8, 4) is 17.1 Å². The van der Waals surface area contributed by atoms with Crippen molar-refractivity contribution >= 4 is 5.97 Å². The number of carbonyl (C=O) groups is 1. The first-order chi connectivity index (χ1) is 13.3. The zero-order chi connectivity index (χ0) is 20.5. The topological polar surface area (TPSA) is 62.6 Å². The summed E-state index contributed by atoms with van der Waals surface area (Å²) in [6.45, 7) is -0.504. The number of carbonyl (C=O) groups excluding carboxylic acids is 1. The van der Waals surface area contributed by atoms with Gasteiger partial charge in [-0.3, -0.25) is 0 Å². The summed E-state index contributed by atoms with van der Waals surface area (Å²) in [6, 6.07) is 3.31. The molecule has 0 spiro atoms. The SMILES string of the molecule is COC(=O)c1nc(-c2ccc(C(F)(F)F)c(OC)c2)n2c1CCOC(CF)C2. The molecule has 2 aromatic rings. The highest BCUT2D eigenvalue weighted by atomic mass is 19.4. The number of imidazole rings is 1. The second-order valence-electron chi connectivity index (χ2n) is 6.14. The lowest BCUT2D eigenvalue weighted by molar-refractivity contribution is -0.138. The second-order valence-corrected chi connectivity index (χ2v) is 6.14. The van der Waals surface area contributed by atoms with Crippen LogP contribution in [0.4, 0.5) is 17.6 Å². The Bertz CT molecular complexity index is 879. The molecule has 1 atom stereocenters. The van der Waals surface area contributed by atoms with E-state index in [4.69, 9.17) is 14.2 Å². The van der Waals surface area contributed by atoms with Crippen molar-refractivity contribution in [1.82, 2.24) is 9.55 Å². The Labute approximate surface area is 158 Å². The number of esters is 1. The highest BCUT2D eigenvalue weighted by Gasteiger charge is 2.35. The molecule has 1 aromatic carbocycles. The summed E-state index contributed by atoms with van der Waals surface area (Å²) in [5.41, 5.74) is -0.128. The summed E-state index contributed by atoms with van der Waals surface area (Å²) in [5, 5.41) is 0. The molecule has 2 heterocycles. The number of halogens is 4. The summed E-state index contributed by atoms with van der Waals surface area (Å²) >= 11 is 0. The number of benzene rings is 1. The van der Waals surface area contributed by atoms with Gasteiger partial charge in [0.05, 0.1) is 38.6 Å². The van der Waals surface area contributed by atoms with Crippen molar-refractivity contribution in [1.29, 1.82) is 0 Å². The zero-order valence-electron chi connectivity index (χ0n) is 15.2. The molecule has 1 aliphatic rings. The highest BCUT2D eigenvalue weighted by Crippen LogP contribution is 2.38. The molecule has 152 valence electrons. The van der Waals surface area contributed by atoms with Crippen molar-refractivity contribution in [3.05, 3.63) is 35.2 Å². The maximum atomic E-state index is 13.2. The maximum absolute atomic E-state index is 13.2. The number of hydrogen-bond donors (Lipinski definition) is 0. The normalized spacial score (nSPS) is 17.0. The minimum atomic E-state index is -4.59. The molecule has 3 rings (SSSR count). The van der Waals surface area contributed by atoms with Crippen molar-refractivity contribution < 1.29 is 36.6 Å². The Morgan fingerprint density at radius 1 is 1.36 bits per heavy atom. The van der Waals surface area contributed by atoms with Crippen LogP contribution < -0.4 is 4.74 Å². The van der Waals surface area contributed by atoms with Crippen LogP contribution in [0.3, 0.4) is 0 Å². The van der Waals surface area contributed by atoms with Crippen LogP contribution in [0, 0.1) is 0 Å². The Morgan fingerprint density at radius 3 is 2.71 bits per heavy atom. The van der Waals surface area contributed by atoms with Crippen LogP contribution in [0.1, 0.15) is 21.7 Å². The number of hydrogen-bond acceptors (Lipinski definition) is 5. The second kappa shape index (κ2) is 7.78. The number of alkyl halides is 4. The average Bonchev–Trinajstić information content (AvgIpc) is 2.89. The van der Waals surface area contributed by atoms with Crippen molar-refractivity contribution in [3.63, 3.8) is 0 Å². The highest BCUT2D eigenvalue weighted by molar-refractivity contribution is 5.89. The fourth-order valence-electron chi connectivity index (χ4n) is 3.15. The van der Waals surface area contributed by atoms with Gasteiger partial charge in [0.1, 0.15) is 24.4 Å². The zero-order valence-corrected chi connectivity index (χ0v) is 15.2. The summed E-state index contributed by atoms with van der Waals surface area (Å²) in [6.07, 6.45) is -5.06. The Hall–Kier alpha value is -2.62. The molecule has 10 heteroatoms. The summed E-state index contributed by atoms with van der Waals surface area (Å²) in [5.74, 6) is -0.854. The van der Waals surface area contributed by atoms with Crippen LogP contribution in [0.15, 0.2) is 18.2 Å². The number of fused-ring (bicyclic) bond motifs is 1. The minimum Gasteiger partial charge on any atom is -0.496 e. The van der Waals surface area contributed by atoms with Gasteiger partial charge in [-0.25, -0.2) is 14.2 Å². The van der Waals surface area contributed by atoms with Gasteiger partial charge in [0.25, 0.3) is 0 Å². The molecule has 0 N–H and O–H groups in total. The summed E-state index contributed by atoms with van der Waals surface area (Å²) < 4.78 is 69.3. The standard InChI is InChI=1S/C18H18F4N2O4/c1-26-14-7-10(3-4-12(14)18(20,21)22)16-23-15(17(25)27-2)13-5-6-28-11(8-19)9-24(13)16/h3-4,7,11H,5-6,8-9H2,1-2H3. The third-order valence-corrected chi connectivity index (χ3v) is 4.47. The predicted molar refractivity (Wildman–Crippen MR) is 90.0 cm³/mol. The van der Waals surface area contributed by atoms with E-state index in [9.17, 15) is 22.4 Å². The van der Waals surface area contributed by atoms with Crippen molar-refractivity contribution in [2.45, 2.75) is 25.2 Å². The number of ether oxygens (including phenoxy) is 3. The molecule has 0 saturated heterocycles. The van der Waals surface area contributed by atoms with E-state index in [1.165, 1.54) is 19.2 Å². The quantitative estimate of drug-likeness (QED) is 0.580. The van der Waals surface area contributed by atoms with Gasteiger partial charge in [-0.2, -0.15) is 13.2 Å². The predicted octanol–water partition coefficient (Wildman–Crippen LogP) is 3.27. The number of aromatic nitrogens is 2. The van der Waals surface area contributed by atoms with E-state index in [0.717, 1.165) is 13.2 Å². The largest absolute Gasteiger partial charge is 0.496 e. The fourth-order valence-corrected chi connectivity index (χ4v) is 3.15. The Morgan fingerprint density at radius 2 is 2.11 bits per heavy atom. The lowest BCUT2D eigenvalue weighted by Gasteiger charge is -2.16. The summed E-state index contributed by atoms with van der Waals surface area (Å²) in [4.78, 5) is 16.4. The van der Waals surface area contributed by atoms with E-state index in [1.54, 1.807) is 4.57 Å². The molecule has 6 nitrogen and oxygen atoms in total. The number of nitrogens with zero attached hydrogens (tertiary/aromatic N) is 2. The maximum Gasteiger partial charge on any atom is 0.419 e. The molecular weight excluding hydrogens is 384 g/mol. The first kappa shape index (κ1) is 20.1. The van der Waals surface area contributed by atoms with E-state index in [0.29, 0.717) is 11.3 Å². The Kier molecular flexibility index (Phi) is 5.59. The van der Waals surface area contributed by atoms with E-state index in [2.05, 4.69) is 4.98 Å². The lowest BCUT2D eigenvalue weighted by atomic mass is 10.1. The molecule has 0 aliphatic carbocycles. The summed E-state index contributed by atoms with van der Waals surface area (Å²) in [7, 11) is 2.33. The smallest absolute Gasteiger partial charge is 0.419 e. The average molecular weight is 402 g/mol. The van der Waals surface area contributed by atoms with Gasteiger partial charge in [0.2, 0.25) is 0 Å². The van der Waals surface area contributed by atoms with Crippen LogP contribution in [0.5, 0.6) is 5.75 Å². The molecule has 0 fully saturated rings. The Balaban J connectivity index is 2.16. The van der Waals surface area contributed by atoms with Crippen LogP contribution in [-0.2, 0) is 28.6 Å². The molecule has 1 aromatic heterocycles. The van der Waals surface area contributed by atoms with E-state index >= 15 is 0 Å². The number of methoxy groups -OCH3 is 2. The van der Waals surface area contributed by atoms with Gasteiger partial charge in [0.15, 0.2) is 5.69 Å². The number of rotatable bonds is 4. The molecule has 0 saturated carbocycles. The van der Waals surface area contributed by atoms with E-state index in [1.807, 2.05) is 0 Å². The van der Waals surface area contributed by atoms with Gasteiger partial charge >= 0.3 is 12.1 Å². The van der Waals surface area contributed by atoms with Gasteiger partial charge in [-0.05, 0) is 12.1 Å². The van der Waals surface area contributed by atoms with Crippen LogP contribution in [0.2, 0.25) is 0 Å². The van der Waals surface area contributed by atoms with Gasteiger partial charge in [0, 0.05) is 12.0 Å². The van der Waals surface area contributed by atoms with Gasteiger partial charge < -0.3 is 18.8 Å². The van der Waals surface area contributed by atoms with Gasteiger partial charge in [-0.15, -0.1) is 0 Å². The first-order valence-electron chi connectivity index (χ1n) is 8.41. The van der Waals surface area contributed by atoms with Crippen LogP contribution in [-0.4, -0.2) is 49.1 Å². The fraction of sp³-hybridized carbons (Fsp3) is 0.444. The lowest BCUT2D eigenvalue weighted by Crippen LogP contribution is -2.21.